The quantitative estimate of drug-likeness (QED) is 0.600. The van der Waals surface area contributed by atoms with Crippen LogP contribution >= 0.6 is 0 Å². The van der Waals surface area contributed by atoms with Crippen molar-refractivity contribution >= 4 is 29.0 Å². The number of ether oxygens (including phenoxy) is 1. The molecule has 3 N–H and O–H groups in total. The van der Waals surface area contributed by atoms with Crippen molar-refractivity contribution in [1.29, 1.82) is 0 Å². The molecule has 0 aliphatic carbocycles. The predicted octanol–water partition coefficient (Wildman–Crippen LogP) is 1.55. The van der Waals surface area contributed by atoms with Crippen LogP contribution in [0.5, 0.6) is 0 Å². The molecular formula is C21H25N9O3. The molecule has 12 nitrogen and oxygen atoms in total. The molecule has 6 rings (SSSR count). The number of amides is 1. The number of carboxylic acid groups (broad SMARTS) is 1. The third kappa shape index (κ3) is 3.59. The third-order valence-corrected chi connectivity index (χ3v) is 6.78. The number of likely N-dealkylation sites (tertiary alicyclic amines) is 1. The Morgan fingerprint density at radius 2 is 1.79 bits per heavy atom. The van der Waals surface area contributed by atoms with E-state index in [4.69, 9.17) is 20.4 Å². The fourth-order valence-electron chi connectivity index (χ4n) is 5.07. The summed E-state index contributed by atoms with van der Waals surface area (Å²) in [6.07, 6.45) is 7.94. The molecule has 3 fully saturated rings. The highest BCUT2D eigenvalue weighted by atomic mass is 16.5. The highest BCUT2D eigenvalue weighted by molar-refractivity contribution is 5.87. The molecule has 0 spiro atoms. The van der Waals surface area contributed by atoms with Crippen LogP contribution in [0.3, 0.4) is 0 Å². The van der Waals surface area contributed by atoms with Crippen molar-refractivity contribution in [1.82, 2.24) is 34.4 Å². The zero-order valence-electron chi connectivity index (χ0n) is 18.0. The van der Waals surface area contributed by atoms with Gasteiger partial charge in [0.05, 0.1) is 30.9 Å². The summed E-state index contributed by atoms with van der Waals surface area (Å²) < 4.78 is 8.05. The molecule has 1 amide bonds. The van der Waals surface area contributed by atoms with E-state index in [-0.39, 0.29) is 18.2 Å². The second kappa shape index (κ2) is 7.80. The molecule has 0 aromatic carbocycles. The van der Waals surface area contributed by atoms with Gasteiger partial charge in [0.15, 0.2) is 5.65 Å². The SMILES string of the molecule is Nc1cnc(-c2nc(N3CC4CCC(C3)O4)nc3c2ncn3C2CCN(C(=O)O)CC2)cn1. The minimum Gasteiger partial charge on any atom is -0.465 e. The van der Waals surface area contributed by atoms with E-state index in [0.29, 0.717) is 54.6 Å². The van der Waals surface area contributed by atoms with Crippen LogP contribution in [0.4, 0.5) is 16.6 Å². The summed E-state index contributed by atoms with van der Waals surface area (Å²) in [7, 11) is 0. The van der Waals surface area contributed by atoms with E-state index in [1.165, 1.54) is 11.1 Å². The van der Waals surface area contributed by atoms with E-state index < -0.39 is 6.09 Å². The van der Waals surface area contributed by atoms with Crippen molar-refractivity contribution in [2.45, 2.75) is 43.9 Å². The maximum atomic E-state index is 11.3. The fraction of sp³-hybridized carbons (Fsp3) is 0.524. The maximum absolute atomic E-state index is 11.3. The summed E-state index contributed by atoms with van der Waals surface area (Å²) in [6.45, 7) is 2.47. The molecule has 2 atom stereocenters. The number of carbonyl (C=O) groups is 1. The van der Waals surface area contributed by atoms with Crippen molar-refractivity contribution < 1.29 is 14.6 Å². The van der Waals surface area contributed by atoms with E-state index in [1.807, 2.05) is 0 Å². The minimum atomic E-state index is -0.875. The highest BCUT2D eigenvalue weighted by Gasteiger charge is 2.35. The highest BCUT2D eigenvalue weighted by Crippen LogP contribution is 2.33. The second-order valence-electron chi connectivity index (χ2n) is 8.89. The van der Waals surface area contributed by atoms with Gasteiger partial charge in [-0.25, -0.2) is 24.7 Å². The van der Waals surface area contributed by atoms with Gasteiger partial charge in [-0.15, -0.1) is 0 Å². The molecule has 33 heavy (non-hydrogen) atoms. The summed E-state index contributed by atoms with van der Waals surface area (Å²) in [5, 5.41) is 9.29. The summed E-state index contributed by atoms with van der Waals surface area (Å²) in [5.41, 5.74) is 8.31. The largest absolute Gasteiger partial charge is 0.465 e. The van der Waals surface area contributed by atoms with Crippen molar-refractivity contribution in [2.75, 3.05) is 36.8 Å². The first-order valence-corrected chi connectivity index (χ1v) is 11.3. The molecular weight excluding hydrogens is 426 g/mol. The molecule has 0 saturated carbocycles. The normalized spacial score (nSPS) is 23.4. The van der Waals surface area contributed by atoms with Crippen LogP contribution < -0.4 is 10.6 Å². The van der Waals surface area contributed by atoms with Gasteiger partial charge in [0, 0.05) is 32.2 Å². The lowest BCUT2D eigenvalue weighted by molar-refractivity contribution is 0.0299. The zero-order chi connectivity index (χ0) is 22.5. The molecule has 2 bridgehead atoms. The summed E-state index contributed by atoms with van der Waals surface area (Å²) in [6, 6.07) is 0.111. The number of rotatable bonds is 3. The van der Waals surface area contributed by atoms with Crippen molar-refractivity contribution in [3.8, 4) is 11.4 Å². The van der Waals surface area contributed by atoms with Crippen LogP contribution in [0.15, 0.2) is 18.7 Å². The number of piperidine rings is 1. The number of anilines is 2. The molecule has 0 radical (unpaired) electrons. The number of morpholine rings is 1. The van der Waals surface area contributed by atoms with Gasteiger partial charge in [-0.05, 0) is 25.7 Å². The Labute approximate surface area is 189 Å². The number of nitrogen functional groups attached to an aromatic ring is 1. The van der Waals surface area contributed by atoms with Crippen LogP contribution in [-0.2, 0) is 4.74 Å². The summed E-state index contributed by atoms with van der Waals surface area (Å²) in [5.74, 6) is 0.964. The molecule has 2 unspecified atom stereocenters. The average molecular weight is 451 g/mol. The molecule has 3 aliphatic rings. The number of fused-ring (bicyclic) bond motifs is 3. The Balaban J connectivity index is 1.42. The predicted molar refractivity (Wildman–Crippen MR) is 119 cm³/mol. The van der Waals surface area contributed by atoms with Crippen molar-refractivity contribution in [2.24, 2.45) is 0 Å². The van der Waals surface area contributed by atoms with Gasteiger partial charge in [0.25, 0.3) is 0 Å². The lowest BCUT2D eigenvalue weighted by Gasteiger charge is -2.33. The van der Waals surface area contributed by atoms with Crippen molar-refractivity contribution in [3.05, 3.63) is 18.7 Å². The smallest absolute Gasteiger partial charge is 0.407 e. The standard InChI is InChI=1S/C21H25N9O3/c22-16-8-23-15(7-24-16)17-18-19(27-20(26-17)29-9-13-1-2-14(10-29)33-13)30(11-25-18)12-3-5-28(6-4-12)21(31)32/h7-8,11-14H,1-6,9-10H2,(H2,22,24)(H,31,32). The molecule has 3 aliphatic heterocycles. The van der Waals surface area contributed by atoms with E-state index in [2.05, 4.69) is 24.4 Å². The van der Waals surface area contributed by atoms with Gasteiger partial charge < -0.3 is 29.9 Å². The topological polar surface area (TPSA) is 148 Å². The Kier molecular flexibility index (Phi) is 4.75. The first-order valence-electron chi connectivity index (χ1n) is 11.3. The van der Waals surface area contributed by atoms with Crippen molar-refractivity contribution in [3.63, 3.8) is 0 Å². The molecule has 172 valence electrons. The van der Waals surface area contributed by atoms with E-state index in [9.17, 15) is 9.90 Å². The van der Waals surface area contributed by atoms with Crippen LogP contribution in [0.2, 0.25) is 0 Å². The molecule has 6 heterocycles. The Hall–Kier alpha value is -3.54. The number of nitrogens with zero attached hydrogens (tertiary/aromatic N) is 8. The van der Waals surface area contributed by atoms with Gasteiger partial charge in [-0.1, -0.05) is 0 Å². The second-order valence-corrected chi connectivity index (χ2v) is 8.89. The monoisotopic (exact) mass is 451 g/mol. The van der Waals surface area contributed by atoms with Gasteiger partial charge in [-0.3, -0.25) is 0 Å². The number of aromatic nitrogens is 6. The Morgan fingerprint density at radius 3 is 2.45 bits per heavy atom. The first kappa shape index (κ1) is 20.1. The maximum Gasteiger partial charge on any atom is 0.407 e. The number of hydrogen-bond donors (Lipinski definition) is 2. The lowest BCUT2D eigenvalue weighted by Crippen LogP contribution is -2.43. The van der Waals surface area contributed by atoms with Gasteiger partial charge in [-0.2, -0.15) is 4.98 Å². The Bertz CT molecular complexity index is 1180. The zero-order valence-corrected chi connectivity index (χ0v) is 18.0. The van der Waals surface area contributed by atoms with E-state index in [1.54, 1.807) is 12.5 Å². The fourth-order valence-corrected chi connectivity index (χ4v) is 5.07. The summed E-state index contributed by atoms with van der Waals surface area (Å²) in [4.78, 5) is 38.0. The average Bonchev–Trinajstić information content (AvgIpc) is 3.41. The molecule has 3 saturated heterocycles. The van der Waals surface area contributed by atoms with Gasteiger partial charge >= 0.3 is 6.09 Å². The minimum absolute atomic E-state index is 0.111. The van der Waals surface area contributed by atoms with E-state index in [0.717, 1.165) is 31.6 Å². The lowest BCUT2D eigenvalue weighted by atomic mass is 10.1. The van der Waals surface area contributed by atoms with E-state index >= 15 is 0 Å². The van der Waals surface area contributed by atoms with Gasteiger partial charge in [0.2, 0.25) is 5.95 Å². The van der Waals surface area contributed by atoms with Crippen LogP contribution in [0.25, 0.3) is 22.6 Å². The first-order chi connectivity index (χ1) is 16.0. The third-order valence-electron chi connectivity index (χ3n) is 6.78. The molecule has 12 heteroatoms. The number of imidazole rings is 1. The number of nitrogens with two attached hydrogens (primary N) is 1. The van der Waals surface area contributed by atoms with Crippen LogP contribution in [-0.4, -0.2) is 84.0 Å². The summed E-state index contributed by atoms with van der Waals surface area (Å²) >= 11 is 0. The van der Waals surface area contributed by atoms with Gasteiger partial charge in [0.1, 0.15) is 22.7 Å². The van der Waals surface area contributed by atoms with Crippen LogP contribution in [0, 0.1) is 0 Å². The molecule has 3 aromatic rings. The Morgan fingerprint density at radius 1 is 1.03 bits per heavy atom. The number of hydrogen-bond acceptors (Lipinski definition) is 9. The molecule has 3 aromatic heterocycles. The van der Waals surface area contributed by atoms with Crippen LogP contribution in [0.1, 0.15) is 31.7 Å².